The Morgan fingerprint density at radius 3 is 2.61 bits per heavy atom. The lowest BCUT2D eigenvalue weighted by atomic mass is 10.0. The van der Waals surface area contributed by atoms with Gasteiger partial charge >= 0.3 is 0 Å². The Hall–Kier alpha value is -1.32. The van der Waals surface area contributed by atoms with Crippen molar-refractivity contribution in [3.05, 3.63) is 63.6 Å². The van der Waals surface area contributed by atoms with Crippen LogP contribution in [-0.2, 0) is 0 Å². The summed E-state index contributed by atoms with van der Waals surface area (Å²) in [6, 6.07) is 13.4. The van der Waals surface area contributed by atoms with Gasteiger partial charge in [0.15, 0.2) is 0 Å². The smallest absolute Gasteiger partial charge is 0.119 e. The molecule has 0 heterocycles. The fraction of sp³-hybridized carbons (Fsp3) is 0.200. The zero-order chi connectivity index (χ0) is 13.1. The topological polar surface area (TPSA) is 29.5 Å². The van der Waals surface area contributed by atoms with Crippen LogP contribution in [0.2, 0.25) is 0 Å². The normalized spacial score (nSPS) is 12.2. The van der Waals surface area contributed by atoms with E-state index in [1.807, 2.05) is 49.4 Å². The van der Waals surface area contributed by atoms with E-state index in [9.17, 15) is 5.11 Å². The summed E-state index contributed by atoms with van der Waals surface area (Å²) in [5.41, 5.74) is 2.83. The van der Waals surface area contributed by atoms with Crippen LogP contribution in [0.5, 0.6) is 5.75 Å². The maximum absolute atomic E-state index is 10.4. The molecule has 1 N–H and O–H groups in total. The van der Waals surface area contributed by atoms with Gasteiger partial charge < -0.3 is 9.84 Å². The summed E-state index contributed by atoms with van der Waals surface area (Å²) in [6.07, 6.45) is -0.657. The third kappa shape index (κ3) is 2.74. The van der Waals surface area contributed by atoms with E-state index in [1.54, 1.807) is 7.11 Å². The van der Waals surface area contributed by atoms with Gasteiger partial charge in [-0.1, -0.05) is 40.2 Å². The van der Waals surface area contributed by atoms with Crippen molar-refractivity contribution in [2.24, 2.45) is 0 Å². The minimum Gasteiger partial charge on any atom is -0.497 e. The lowest BCUT2D eigenvalue weighted by Gasteiger charge is -2.14. The van der Waals surface area contributed by atoms with Crippen molar-refractivity contribution in [2.45, 2.75) is 13.0 Å². The van der Waals surface area contributed by atoms with Crippen molar-refractivity contribution < 1.29 is 9.84 Å². The van der Waals surface area contributed by atoms with Crippen molar-refractivity contribution in [1.82, 2.24) is 0 Å². The van der Waals surface area contributed by atoms with Crippen molar-refractivity contribution in [1.29, 1.82) is 0 Å². The Morgan fingerprint density at radius 1 is 1.17 bits per heavy atom. The molecule has 2 aromatic carbocycles. The summed E-state index contributed by atoms with van der Waals surface area (Å²) < 4.78 is 6.08. The van der Waals surface area contributed by atoms with E-state index in [0.29, 0.717) is 0 Å². The number of halogens is 1. The molecule has 0 radical (unpaired) electrons. The minimum atomic E-state index is -0.657. The summed E-state index contributed by atoms with van der Waals surface area (Å²) in [6.45, 7) is 2.02. The van der Waals surface area contributed by atoms with Crippen molar-refractivity contribution in [3.63, 3.8) is 0 Å². The predicted octanol–water partition coefficient (Wildman–Crippen LogP) is 3.85. The second-order valence-electron chi connectivity index (χ2n) is 4.20. The van der Waals surface area contributed by atoms with E-state index < -0.39 is 6.10 Å². The lowest BCUT2D eigenvalue weighted by Crippen LogP contribution is -2.01. The number of hydrogen-bond acceptors (Lipinski definition) is 2. The molecule has 0 aliphatic carbocycles. The van der Waals surface area contributed by atoms with Gasteiger partial charge in [-0.25, -0.2) is 0 Å². The summed E-state index contributed by atoms with van der Waals surface area (Å²) >= 11 is 3.49. The number of aliphatic hydroxyl groups excluding tert-OH is 1. The summed E-state index contributed by atoms with van der Waals surface area (Å²) in [5.74, 6) is 0.745. The number of benzene rings is 2. The third-order valence-corrected chi connectivity index (χ3v) is 3.55. The molecule has 1 atom stereocenters. The van der Waals surface area contributed by atoms with Crippen LogP contribution in [0.25, 0.3) is 0 Å². The monoisotopic (exact) mass is 306 g/mol. The average Bonchev–Trinajstić information content (AvgIpc) is 2.38. The zero-order valence-corrected chi connectivity index (χ0v) is 11.9. The molecule has 0 fully saturated rings. The molecule has 0 aliphatic rings. The molecule has 2 rings (SSSR count). The molecule has 2 aromatic rings. The third-order valence-electron chi connectivity index (χ3n) is 2.86. The van der Waals surface area contributed by atoms with Gasteiger partial charge in [0.1, 0.15) is 11.9 Å². The fourth-order valence-corrected chi connectivity index (χ4v) is 2.56. The number of methoxy groups -OCH3 is 1. The SMILES string of the molecule is COc1cccc(C(O)c2ccc(C)cc2Br)c1. The van der Waals surface area contributed by atoms with Gasteiger partial charge in [0.2, 0.25) is 0 Å². The average molecular weight is 307 g/mol. The number of aryl methyl sites for hydroxylation is 1. The van der Waals surface area contributed by atoms with Crippen LogP contribution in [0.3, 0.4) is 0 Å². The number of aliphatic hydroxyl groups is 1. The van der Waals surface area contributed by atoms with Gasteiger partial charge in [-0.3, -0.25) is 0 Å². The predicted molar refractivity (Wildman–Crippen MR) is 75.9 cm³/mol. The molecular formula is C15H15BrO2. The Bertz CT molecular complexity index is 552. The van der Waals surface area contributed by atoms with Gasteiger partial charge in [0, 0.05) is 4.47 Å². The Morgan fingerprint density at radius 2 is 1.94 bits per heavy atom. The highest BCUT2D eigenvalue weighted by molar-refractivity contribution is 9.10. The number of ether oxygens (including phenoxy) is 1. The van der Waals surface area contributed by atoms with Gasteiger partial charge in [0.05, 0.1) is 7.11 Å². The second-order valence-corrected chi connectivity index (χ2v) is 5.06. The highest BCUT2D eigenvalue weighted by Crippen LogP contribution is 2.30. The van der Waals surface area contributed by atoms with E-state index in [2.05, 4.69) is 15.9 Å². The van der Waals surface area contributed by atoms with Crippen molar-refractivity contribution in [3.8, 4) is 5.75 Å². The highest BCUT2D eigenvalue weighted by atomic mass is 79.9. The summed E-state index contributed by atoms with van der Waals surface area (Å²) in [4.78, 5) is 0. The van der Waals surface area contributed by atoms with Gasteiger partial charge in [0.25, 0.3) is 0 Å². The Labute approximate surface area is 115 Å². The standard InChI is InChI=1S/C15H15BrO2/c1-10-6-7-13(14(16)8-10)15(17)11-4-3-5-12(9-11)18-2/h3-9,15,17H,1-2H3. The van der Waals surface area contributed by atoms with Gasteiger partial charge in [-0.05, 0) is 41.8 Å². The first kappa shape index (κ1) is 13.1. The molecule has 18 heavy (non-hydrogen) atoms. The van der Waals surface area contributed by atoms with Crippen LogP contribution in [0, 0.1) is 6.92 Å². The van der Waals surface area contributed by atoms with E-state index in [-0.39, 0.29) is 0 Å². The molecule has 1 unspecified atom stereocenters. The molecular weight excluding hydrogens is 292 g/mol. The van der Waals surface area contributed by atoms with Crippen molar-refractivity contribution in [2.75, 3.05) is 7.11 Å². The van der Waals surface area contributed by atoms with E-state index in [0.717, 1.165) is 26.9 Å². The first-order chi connectivity index (χ1) is 8.61. The molecule has 0 saturated heterocycles. The van der Waals surface area contributed by atoms with Crippen LogP contribution < -0.4 is 4.74 Å². The highest BCUT2D eigenvalue weighted by Gasteiger charge is 2.14. The second kappa shape index (κ2) is 5.55. The molecule has 0 aromatic heterocycles. The molecule has 3 heteroatoms. The number of rotatable bonds is 3. The van der Waals surface area contributed by atoms with Crippen LogP contribution in [0.15, 0.2) is 46.9 Å². The molecule has 0 amide bonds. The Balaban J connectivity index is 2.37. The quantitative estimate of drug-likeness (QED) is 0.933. The molecule has 0 saturated carbocycles. The molecule has 94 valence electrons. The summed E-state index contributed by atoms with van der Waals surface area (Å²) in [5, 5.41) is 10.4. The largest absolute Gasteiger partial charge is 0.497 e. The molecule has 0 spiro atoms. The van der Waals surface area contributed by atoms with Crippen LogP contribution in [0.1, 0.15) is 22.8 Å². The lowest BCUT2D eigenvalue weighted by molar-refractivity contribution is 0.219. The maximum Gasteiger partial charge on any atom is 0.119 e. The fourth-order valence-electron chi connectivity index (χ4n) is 1.85. The molecule has 0 aliphatic heterocycles. The van der Waals surface area contributed by atoms with E-state index >= 15 is 0 Å². The van der Waals surface area contributed by atoms with E-state index in [4.69, 9.17) is 4.74 Å². The summed E-state index contributed by atoms with van der Waals surface area (Å²) in [7, 11) is 1.62. The number of hydrogen-bond donors (Lipinski definition) is 1. The Kier molecular flexibility index (Phi) is 4.04. The molecule has 2 nitrogen and oxygen atoms in total. The minimum absolute atomic E-state index is 0.657. The maximum atomic E-state index is 10.4. The first-order valence-corrected chi connectivity index (χ1v) is 6.49. The van der Waals surface area contributed by atoms with Gasteiger partial charge in [-0.15, -0.1) is 0 Å². The zero-order valence-electron chi connectivity index (χ0n) is 10.4. The van der Waals surface area contributed by atoms with E-state index in [1.165, 1.54) is 0 Å². The molecule has 0 bridgehead atoms. The van der Waals surface area contributed by atoms with Crippen LogP contribution >= 0.6 is 15.9 Å². The van der Waals surface area contributed by atoms with Gasteiger partial charge in [-0.2, -0.15) is 0 Å². The first-order valence-electron chi connectivity index (χ1n) is 5.70. The van der Waals surface area contributed by atoms with Crippen molar-refractivity contribution >= 4 is 15.9 Å². The van der Waals surface area contributed by atoms with Crippen LogP contribution in [0.4, 0.5) is 0 Å². The van der Waals surface area contributed by atoms with Crippen LogP contribution in [-0.4, -0.2) is 12.2 Å².